The predicted molar refractivity (Wildman–Crippen MR) is 72.6 cm³/mol. The third-order valence-electron chi connectivity index (χ3n) is 3.99. The molecule has 1 aliphatic carbocycles. The lowest BCUT2D eigenvalue weighted by Gasteiger charge is -2.26. The van der Waals surface area contributed by atoms with Gasteiger partial charge in [-0.05, 0) is 44.2 Å². The Bertz CT molecular complexity index is 407. The van der Waals surface area contributed by atoms with E-state index >= 15 is 0 Å². The van der Waals surface area contributed by atoms with E-state index in [4.69, 9.17) is 0 Å². The number of rotatable bonds is 6. The monoisotopic (exact) mass is 262 g/mol. The number of carbonyl (C=O) groups excluding carboxylic acids is 1. The fraction of sp³-hybridized carbons (Fsp3) is 0.714. The van der Waals surface area contributed by atoms with Gasteiger partial charge in [0.25, 0.3) is 0 Å². The summed E-state index contributed by atoms with van der Waals surface area (Å²) >= 11 is 0. The molecule has 2 aliphatic rings. The first-order valence-electron chi connectivity index (χ1n) is 7.30. The van der Waals surface area contributed by atoms with Gasteiger partial charge >= 0.3 is 0 Å². The molecule has 1 N–H and O–H groups in total. The van der Waals surface area contributed by atoms with E-state index in [1.54, 1.807) is 10.9 Å². The second-order valence-corrected chi connectivity index (χ2v) is 5.74. The van der Waals surface area contributed by atoms with Crippen molar-refractivity contribution in [3.63, 3.8) is 0 Å². The summed E-state index contributed by atoms with van der Waals surface area (Å²) in [5.74, 6) is 0.937. The molecule has 5 heteroatoms. The van der Waals surface area contributed by atoms with Crippen LogP contribution in [0.5, 0.6) is 0 Å². The molecule has 1 unspecified atom stereocenters. The van der Waals surface area contributed by atoms with Gasteiger partial charge in [0.1, 0.15) is 6.54 Å². The summed E-state index contributed by atoms with van der Waals surface area (Å²) in [7, 11) is 0. The van der Waals surface area contributed by atoms with Crippen molar-refractivity contribution in [3.05, 3.63) is 18.5 Å². The third kappa shape index (κ3) is 3.56. The number of carbonyl (C=O) groups is 1. The van der Waals surface area contributed by atoms with Crippen LogP contribution in [0.2, 0.25) is 0 Å². The van der Waals surface area contributed by atoms with E-state index in [2.05, 4.69) is 10.4 Å². The van der Waals surface area contributed by atoms with Crippen LogP contribution < -0.4 is 5.32 Å². The van der Waals surface area contributed by atoms with Crippen LogP contribution in [-0.4, -0.2) is 46.3 Å². The first-order valence-corrected chi connectivity index (χ1v) is 7.30. The van der Waals surface area contributed by atoms with Crippen molar-refractivity contribution in [2.75, 3.05) is 19.6 Å². The van der Waals surface area contributed by atoms with E-state index in [0.29, 0.717) is 12.6 Å². The first-order chi connectivity index (χ1) is 9.31. The fourth-order valence-corrected chi connectivity index (χ4v) is 2.70. The van der Waals surface area contributed by atoms with Crippen molar-refractivity contribution in [1.82, 2.24) is 20.0 Å². The fourth-order valence-electron chi connectivity index (χ4n) is 2.70. The molecule has 1 atom stereocenters. The van der Waals surface area contributed by atoms with Crippen LogP contribution in [0.4, 0.5) is 0 Å². The minimum Gasteiger partial charge on any atom is -0.339 e. The maximum Gasteiger partial charge on any atom is 0.244 e. The van der Waals surface area contributed by atoms with Crippen LogP contribution in [-0.2, 0) is 11.3 Å². The number of nitrogens with one attached hydrogen (secondary N) is 1. The van der Waals surface area contributed by atoms with Gasteiger partial charge in [0.15, 0.2) is 0 Å². The Morgan fingerprint density at radius 1 is 1.37 bits per heavy atom. The molecule has 1 saturated carbocycles. The van der Waals surface area contributed by atoms with Crippen molar-refractivity contribution in [2.24, 2.45) is 5.92 Å². The first kappa shape index (κ1) is 12.7. The van der Waals surface area contributed by atoms with Crippen molar-refractivity contribution in [2.45, 2.75) is 38.3 Å². The van der Waals surface area contributed by atoms with Gasteiger partial charge < -0.3 is 10.2 Å². The minimum absolute atomic E-state index is 0.198. The van der Waals surface area contributed by atoms with Crippen LogP contribution in [0.15, 0.2) is 18.5 Å². The average Bonchev–Trinajstić information content (AvgIpc) is 2.88. The van der Waals surface area contributed by atoms with Gasteiger partial charge in [-0.2, -0.15) is 5.10 Å². The third-order valence-corrected chi connectivity index (χ3v) is 3.99. The SMILES string of the molecule is O=C(Cn1cccn1)N(CC1CC1)CC1CCCN1. The number of aromatic nitrogens is 2. The summed E-state index contributed by atoms with van der Waals surface area (Å²) in [6.45, 7) is 3.25. The Morgan fingerprint density at radius 2 is 2.26 bits per heavy atom. The molecule has 1 aromatic heterocycles. The van der Waals surface area contributed by atoms with Gasteiger partial charge in [0.05, 0.1) is 0 Å². The highest BCUT2D eigenvalue weighted by Crippen LogP contribution is 2.30. The largest absolute Gasteiger partial charge is 0.339 e. The zero-order valence-corrected chi connectivity index (χ0v) is 11.3. The van der Waals surface area contributed by atoms with E-state index in [1.165, 1.54) is 25.7 Å². The van der Waals surface area contributed by atoms with Crippen molar-refractivity contribution in [3.8, 4) is 0 Å². The highest BCUT2D eigenvalue weighted by Gasteiger charge is 2.29. The molecule has 2 heterocycles. The quantitative estimate of drug-likeness (QED) is 0.828. The maximum atomic E-state index is 12.4. The molecule has 2 fully saturated rings. The van der Waals surface area contributed by atoms with Gasteiger partial charge in [-0.1, -0.05) is 0 Å². The lowest BCUT2D eigenvalue weighted by molar-refractivity contribution is -0.132. The molecular weight excluding hydrogens is 240 g/mol. The summed E-state index contributed by atoms with van der Waals surface area (Å²) in [5.41, 5.74) is 0. The van der Waals surface area contributed by atoms with Crippen LogP contribution in [0.3, 0.4) is 0 Å². The summed E-state index contributed by atoms with van der Waals surface area (Å²) < 4.78 is 1.71. The Hall–Kier alpha value is -1.36. The molecule has 0 aromatic carbocycles. The molecule has 1 saturated heterocycles. The molecule has 19 heavy (non-hydrogen) atoms. The Labute approximate surface area is 114 Å². The zero-order chi connectivity index (χ0) is 13.1. The van der Waals surface area contributed by atoms with Crippen molar-refractivity contribution < 1.29 is 4.79 Å². The summed E-state index contributed by atoms with van der Waals surface area (Å²) in [6, 6.07) is 2.34. The average molecular weight is 262 g/mol. The van der Waals surface area contributed by atoms with Crippen molar-refractivity contribution in [1.29, 1.82) is 0 Å². The lowest BCUT2D eigenvalue weighted by Crippen LogP contribution is -2.43. The zero-order valence-electron chi connectivity index (χ0n) is 11.3. The van der Waals surface area contributed by atoms with E-state index < -0.39 is 0 Å². The predicted octanol–water partition coefficient (Wildman–Crippen LogP) is 0.874. The second-order valence-electron chi connectivity index (χ2n) is 5.74. The van der Waals surface area contributed by atoms with Gasteiger partial charge in [-0.15, -0.1) is 0 Å². The number of hydrogen-bond donors (Lipinski definition) is 1. The van der Waals surface area contributed by atoms with E-state index in [-0.39, 0.29) is 5.91 Å². The van der Waals surface area contributed by atoms with Crippen molar-refractivity contribution >= 4 is 5.91 Å². The van der Waals surface area contributed by atoms with Gasteiger partial charge in [-0.25, -0.2) is 0 Å². The Kier molecular flexibility index (Phi) is 3.82. The topological polar surface area (TPSA) is 50.2 Å². The maximum absolute atomic E-state index is 12.4. The summed E-state index contributed by atoms with van der Waals surface area (Å²) in [4.78, 5) is 14.4. The minimum atomic E-state index is 0.198. The molecule has 0 bridgehead atoms. The molecule has 1 amide bonds. The smallest absolute Gasteiger partial charge is 0.244 e. The molecule has 0 spiro atoms. The molecule has 1 aromatic rings. The van der Waals surface area contributed by atoms with Crippen LogP contribution in [0.1, 0.15) is 25.7 Å². The van der Waals surface area contributed by atoms with E-state index in [0.717, 1.165) is 25.6 Å². The van der Waals surface area contributed by atoms with Crippen LogP contribution >= 0.6 is 0 Å². The Morgan fingerprint density at radius 3 is 2.89 bits per heavy atom. The number of nitrogens with zero attached hydrogens (tertiary/aromatic N) is 3. The lowest BCUT2D eigenvalue weighted by atomic mass is 10.2. The molecule has 1 aliphatic heterocycles. The molecule has 5 nitrogen and oxygen atoms in total. The van der Waals surface area contributed by atoms with Gasteiger partial charge in [-0.3, -0.25) is 9.48 Å². The molecule has 0 radical (unpaired) electrons. The summed E-state index contributed by atoms with van der Waals surface area (Å²) in [5, 5.41) is 7.60. The standard InChI is InChI=1S/C14H22N4O/c19-14(11-18-8-2-7-16-18)17(9-12-4-5-12)10-13-3-1-6-15-13/h2,7-8,12-13,15H,1,3-6,9-11H2. The van der Waals surface area contributed by atoms with E-state index in [1.807, 2.05) is 17.2 Å². The number of amides is 1. The Balaban J connectivity index is 1.58. The normalized spacial score (nSPS) is 22.6. The van der Waals surface area contributed by atoms with Crippen LogP contribution in [0, 0.1) is 5.92 Å². The number of hydrogen-bond acceptors (Lipinski definition) is 3. The van der Waals surface area contributed by atoms with Gasteiger partial charge in [0, 0.05) is 31.5 Å². The molecule has 3 rings (SSSR count). The van der Waals surface area contributed by atoms with Crippen LogP contribution in [0.25, 0.3) is 0 Å². The molecule has 104 valence electrons. The van der Waals surface area contributed by atoms with E-state index in [9.17, 15) is 4.79 Å². The highest BCUT2D eigenvalue weighted by molar-refractivity contribution is 5.76. The molecular formula is C14H22N4O. The van der Waals surface area contributed by atoms with Gasteiger partial charge in [0.2, 0.25) is 5.91 Å². The second kappa shape index (κ2) is 5.74. The summed E-state index contributed by atoms with van der Waals surface area (Å²) in [6.07, 6.45) is 8.55. The highest BCUT2D eigenvalue weighted by atomic mass is 16.2.